The molecule has 2 aliphatic rings. The average molecular weight is 566 g/mol. The van der Waals surface area contributed by atoms with E-state index >= 15 is 0 Å². The topological polar surface area (TPSA) is 98.7 Å². The Morgan fingerprint density at radius 2 is 1.95 bits per heavy atom. The third kappa shape index (κ3) is 5.16. The van der Waals surface area contributed by atoms with E-state index in [0.29, 0.717) is 19.8 Å². The van der Waals surface area contributed by atoms with E-state index in [1.807, 2.05) is 31.2 Å². The highest BCUT2D eigenvalue weighted by atomic mass is 32.2. The molecule has 11 heteroatoms. The molecule has 4 aromatic rings. The average Bonchev–Trinajstić information content (AvgIpc) is 3.33. The Kier molecular flexibility index (Phi) is 7.09. The molecule has 1 atom stereocenters. The molecule has 0 aliphatic carbocycles. The highest BCUT2D eigenvalue weighted by Crippen LogP contribution is 2.45. The fraction of sp³-hybridized carbons (Fsp3) is 0.429. The van der Waals surface area contributed by atoms with Crippen molar-refractivity contribution in [3.05, 3.63) is 41.7 Å². The normalized spacial score (nSPS) is 17.7. The Labute approximate surface area is 235 Å². The first kappa shape index (κ1) is 26.2. The summed E-state index contributed by atoms with van der Waals surface area (Å²) < 4.78 is 18.0. The number of nitrogens with zero attached hydrogens (tertiary/aromatic N) is 4. The number of ether oxygens (including phenoxy) is 3. The first-order valence-corrected chi connectivity index (χ1v) is 14.7. The van der Waals surface area contributed by atoms with Crippen molar-refractivity contribution in [3.8, 4) is 5.75 Å². The summed E-state index contributed by atoms with van der Waals surface area (Å²) in [5, 5.41) is 4.48. The summed E-state index contributed by atoms with van der Waals surface area (Å²) in [7, 11) is 1.62. The lowest BCUT2D eigenvalue weighted by molar-refractivity contribution is -0.115. The maximum absolute atomic E-state index is 13.0. The smallest absolute Gasteiger partial charge is 0.237 e. The number of carbonyl (C=O) groups is 1. The fourth-order valence-electron chi connectivity index (χ4n) is 5.03. The molecule has 3 aromatic heterocycles. The van der Waals surface area contributed by atoms with Gasteiger partial charge in [0.1, 0.15) is 27.8 Å². The summed E-state index contributed by atoms with van der Waals surface area (Å²) in [6, 6.07) is 7.30. The summed E-state index contributed by atoms with van der Waals surface area (Å²) in [4.78, 5) is 30.8. The van der Waals surface area contributed by atoms with E-state index < -0.39 is 0 Å². The van der Waals surface area contributed by atoms with Crippen molar-refractivity contribution in [1.29, 1.82) is 0 Å². The number of thiophene rings is 1. The van der Waals surface area contributed by atoms with Crippen molar-refractivity contribution in [2.45, 2.75) is 49.7 Å². The summed E-state index contributed by atoms with van der Waals surface area (Å²) in [6.45, 7) is 9.66. The Hall–Kier alpha value is -2.99. The molecular formula is C28H31N5O4S2. The Morgan fingerprint density at radius 1 is 1.18 bits per heavy atom. The van der Waals surface area contributed by atoms with Gasteiger partial charge in [-0.25, -0.2) is 15.0 Å². The van der Waals surface area contributed by atoms with Gasteiger partial charge >= 0.3 is 0 Å². The monoisotopic (exact) mass is 565 g/mol. The molecule has 0 saturated carbocycles. The molecule has 0 bridgehead atoms. The van der Waals surface area contributed by atoms with Crippen LogP contribution in [0.25, 0.3) is 20.4 Å². The van der Waals surface area contributed by atoms with Gasteiger partial charge in [-0.1, -0.05) is 11.8 Å². The van der Waals surface area contributed by atoms with Crippen LogP contribution in [0.4, 0.5) is 11.5 Å². The SMILES string of the molecule is COc1ccc(NC(=O)[C@@H](C)Sc2ncnc3c2sc2nc(N4CCOCC4)c4c(c23)CC(C)(C)OC4)cc1. The number of amides is 1. The van der Waals surface area contributed by atoms with Gasteiger partial charge in [0.15, 0.2) is 0 Å². The highest BCUT2D eigenvalue weighted by molar-refractivity contribution is 8.00. The molecule has 1 amide bonds. The lowest BCUT2D eigenvalue weighted by atomic mass is 9.90. The zero-order valence-corrected chi connectivity index (χ0v) is 24.1. The number of fused-ring (bicyclic) bond motifs is 5. The minimum Gasteiger partial charge on any atom is -0.497 e. The predicted molar refractivity (Wildman–Crippen MR) is 155 cm³/mol. The zero-order valence-electron chi connectivity index (χ0n) is 22.4. The summed E-state index contributed by atoms with van der Waals surface area (Å²) in [6.07, 6.45) is 2.37. The minimum atomic E-state index is -0.367. The number of thioether (sulfide) groups is 1. The quantitative estimate of drug-likeness (QED) is 0.254. The van der Waals surface area contributed by atoms with Crippen LogP contribution in [0.3, 0.4) is 0 Å². The van der Waals surface area contributed by atoms with Crippen LogP contribution in [-0.2, 0) is 27.3 Å². The Bertz CT molecular complexity index is 1530. The first-order valence-electron chi connectivity index (χ1n) is 13.0. The van der Waals surface area contributed by atoms with Crippen molar-refractivity contribution < 1.29 is 19.0 Å². The summed E-state index contributed by atoms with van der Waals surface area (Å²) in [5.74, 6) is 1.63. The molecule has 0 unspecified atom stereocenters. The largest absolute Gasteiger partial charge is 0.497 e. The van der Waals surface area contributed by atoms with Gasteiger partial charge in [0.2, 0.25) is 5.91 Å². The predicted octanol–water partition coefficient (Wildman–Crippen LogP) is 5.06. The number of carbonyl (C=O) groups excluding carboxylic acids is 1. The molecule has 39 heavy (non-hydrogen) atoms. The Balaban J connectivity index is 1.36. The van der Waals surface area contributed by atoms with E-state index in [4.69, 9.17) is 24.2 Å². The van der Waals surface area contributed by atoms with Crippen molar-refractivity contribution in [3.63, 3.8) is 0 Å². The number of aromatic nitrogens is 3. The van der Waals surface area contributed by atoms with Gasteiger partial charge in [-0.3, -0.25) is 4.79 Å². The van der Waals surface area contributed by atoms with Gasteiger partial charge in [0.05, 0.1) is 48.0 Å². The molecule has 9 nitrogen and oxygen atoms in total. The van der Waals surface area contributed by atoms with Crippen molar-refractivity contribution in [1.82, 2.24) is 15.0 Å². The molecule has 0 spiro atoms. The highest BCUT2D eigenvalue weighted by Gasteiger charge is 2.33. The van der Waals surface area contributed by atoms with Crippen LogP contribution in [0, 0.1) is 0 Å². The van der Waals surface area contributed by atoms with Crippen LogP contribution < -0.4 is 15.0 Å². The second kappa shape index (κ2) is 10.5. The standard InChI is InChI=1S/C28H31N5O4S2/c1-16(25(34)31-17-5-7-18(35-4)8-6-17)38-27-23-22(29-15-30-27)21-19-13-28(2,3)37-14-20(19)24(32-26(21)39-23)33-9-11-36-12-10-33/h5-8,15-16H,9-14H2,1-4H3,(H,31,34)/t16-/m1/s1. The lowest BCUT2D eigenvalue weighted by Gasteiger charge is -2.36. The summed E-state index contributed by atoms with van der Waals surface area (Å²) >= 11 is 3.04. The van der Waals surface area contributed by atoms with Gasteiger partial charge < -0.3 is 24.4 Å². The Morgan fingerprint density at radius 3 is 2.69 bits per heavy atom. The van der Waals surface area contributed by atoms with Gasteiger partial charge in [-0.15, -0.1) is 11.3 Å². The molecule has 204 valence electrons. The van der Waals surface area contributed by atoms with Crippen LogP contribution in [0.1, 0.15) is 31.9 Å². The van der Waals surface area contributed by atoms with Crippen LogP contribution in [0.2, 0.25) is 0 Å². The first-order chi connectivity index (χ1) is 18.8. The second-order valence-corrected chi connectivity index (χ2v) is 12.7. The number of methoxy groups -OCH3 is 1. The number of rotatable bonds is 6. The number of nitrogens with one attached hydrogen (secondary N) is 1. The summed E-state index contributed by atoms with van der Waals surface area (Å²) in [5.41, 5.74) is 3.73. The van der Waals surface area contributed by atoms with Crippen LogP contribution in [0.5, 0.6) is 5.75 Å². The molecule has 0 radical (unpaired) electrons. The van der Waals surface area contributed by atoms with Crippen molar-refractivity contribution in [2.75, 3.05) is 43.6 Å². The van der Waals surface area contributed by atoms with E-state index in [2.05, 4.69) is 29.0 Å². The van der Waals surface area contributed by atoms with E-state index in [9.17, 15) is 4.79 Å². The van der Waals surface area contributed by atoms with Gasteiger partial charge in [-0.05, 0) is 50.6 Å². The molecule has 1 aromatic carbocycles. The third-order valence-electron chi connectivity index (χ3n) is 7.10. The van der Waals surface area contributed by atoms with E-state index in [1.165, 1.54) is 17.3 Å². The number of pyridine rings is 1. The van der Waals surface area contributed by atoms with Gasteiger partial charge in [-0.2, -0.15) is 0 Å². The van der Waals surface area contributed by atoms with Crippen LogP contribution in [-0.4, -0.2) is 65.1 Å². The second-order valence-electron chi connectivity index (χ2n) is 10.3. The number of hydrogen-bond acceptors (Lipinski definition) is 10. The molecule has 1 saturated heterocycles. The maximum atomic E-state index is 13.0. The fourth-order valence-corrected chi connectivity index (χ4v) is 7.15. The number of morpholine rings is 1. The molecule has 6 rings (SSSR count). The maximum Gasteiger partial charge on any atom is 0.237 e. The number of hydrogen-bond donors (Lipinski definition) is 1. The van der Waals surface area contributed by atoms with Gasteiger partial charge in [0.25, 0.3) is 0 Å². The molecule has 1 fully saturated rings. The van der Waals surface area contributed by atoms with Gasteiger partial charge in [0, 0.05) is 36.1 Å². The molecule has 2 aliphatic heterocycles. The molecule has 5 heterocycles. The van der Waals surface area contributed by atoms with Crippen molar-refractivity contribution in [2.24, 2.45) is 0 Å². The minimum absolute atomic E-state index is 0.0953. The van der Waals surface area contributed by atoms with Crippen molar-refractivity contribution >= 4 is 60.9 Å². The number of anilines is 2. The lowest BCUT2D eigenvalue weighted by Crippen LogP contribution is -2.39. The third-order valence-corrected chi connectivity index (χ3v) is 9.41. The van der Waals surface area contributed by atoms with E-state index in [-0.39, 0.29) is 16.8 Å². The van der Waals surface area contributed by atoms with Crippen LogP contribution >= 0.6 is 23.1 Å². The molecule has 1 N–H and O–H groups in total. The van der Waals surface area contributed by atoms with Crippen LogP contribution in [0.15, 0.2) is 35.6 Å². The number of benzene rings is 1. The van der Waals surface area contributed by atoms with E-state index in [1.54, 1.807) is 24.8 Å². The van der Waals surface area contributed by atoms with E-state index in [0.717, 1.165) is 67.8 Å². The zero-order chi connectivity index (χ0) is 27.1. The molecular weight excluding hydrogens is 534 g/mol.